The van der Waals surface area contributed by atoms with E-state index in [1.54, 1.807) is 12.1 Å². The van der Waals surface area contributed by atoms with E-state index in [1.807, 2.05) is 0 Å². The van der Waals surface area contributed by atoms with Gasteiger partial charge in [-0.3, -0.25) is 0 Å². The Labute approximate surface area is 100 Å². The average Bonchev–Trinajstić information content (AvgIpc) is 2.28. The number of nitrogen functional groups attached to an aromatic ring is 1. The number of nitrogens with zero attached hydrogens (tertiary/aromatic N) is 1. The van der Waals surface area contributed by atoms with E-state index >= 15 is 0 Å². The summed E-state index contributed by atoms with van der Waals surface area (Å²) in [6.07, 6.45) is 2.23. The van der Waals surface area contributed by atoms with Crippen LogP contribution in [0.15, 0.2) is 12.1 Å². The smallest absolute Gasteiger partial charge is 0.356 e. The summed E-state index contributed by atoms with van der Waals surface area (Å²) in [6.45, 7) is 2.21. The Morgan fingerprint density at radius 1 is 1.53 bits per heavy atom. The van der Waals surface area contributed by atoms with Crippen molar-refractivity contribution in [2.75, 3.05) is 18.2 Å². The third-order valence-electron chi connectivity index (χ3n) is 3.04. The Kier molecular flexibility index (Phi) is 3.17. The highest BCUT2D eigenvalue weighted by atomic mass is 16.5. The van der Waals surface area contributed by atoms with Gasteiger partial charge < -0.3 is 15.8 Å². The minimum absolute atomic E-state index is 0.275. The number of hydrogen-bond donors (Lipinski definition) is 2. The quantitative estimate of drug-likeness (QED) is 0.779. The Balaban J connectivity index is 2.12. The van der Waals surface area contributed by atoms with Crippen LogP contribution in [0.5, 0.6) is 0 Å². The number of carbonyl (C=O) groups is 1. The number of methoxy groups -OCH3 is 1. The fraction of sp³-hybridized carbons (Fsp3) is 0.500. The van der Waals surface area contributed by atoms with Crippen LogP contribution < -0.4 is 11.1 Å². The molecule has 0 atom stereocenters. The van der Waals surface area contributed by atoms with E-state index in [1.165, 1.54) is 7.11 Å². The predicted octanol–water partition coefficient (Wildman–Crippen LogP) is 1.66. The number of hydrogen-bond acceptors (Lipinski definition) is 5. The molecule has 1 heterocycles. The largest absolute Gasteiger partial charge is 0.464 e. The zero-order valence-corrected chi connectivity index (χ0v) is 10.1. The van der Waals surface area contributed by atoms with Gasteiger partial charge in [0.25, 0.3) is 0 Å². The zero-order chi connectivity index (χ0) is 12.4. The molecular weight excluding hydrogens is 218 g/mol. The predicted molar refractivity (Wildman–Crippen MR) is 65.8 cm³/mol. The maximum absolute atomic E-state index is 11.3. The van der Waals surface area contributed by atoms with E-state index in [2.05, 4.69) is 22.0 Å². The van der Waals surface area contributed by atoms with Crippen LogP contribution in [0.2, 0.25) is 0 Å². The molecular formula is C12H17N3O2. The van der Waals surface area contributed by atoms with Crippen LogP contribution in [0.3, 0.4) is 0 Å². The molecule has 0 bridgehead atoms. The van der Waals surface area contributed by atoms with E-state index in [0.29, 0.717) is 17.5 Å². The van der Waals surface area contributed by atoms with Gasteiger partial charge >= 0.3 is 5.97 Å². The molecule has 1 saturated carbocycles. The van der Waals surface area contributed by atoms with Gasteiger partial charge in [-0.2, -0.15) is 0 Å². The lowest BCUT2D eigenvalue weighted by molar-refractivity contribution is 0.0594. The van der Waals surface area contributed by atoms with Gasteiger partial charge in [-0.05, 0) is 30.9 Å². The molecule has 3 N–H and O–H groups in total. The van der Waals surface area contributed by atoms with Gasteiger partial charge in [0, 0.05) is 6.04 Å². The van der Waals surface area contributed by atoms with E-state index < -0.39 is 5.97 Å². The van der Waals surface area contributed by atoms with Crippen molar-refractivity contribution < 1.29 is 9.53 Å². The highest BCUT2D eigenvalue weighted by Gasteiger charge is 2.26. The molecule has 17 heavy (non-hydrogen) atoms. The van der Waals surface area contributed by atoms with Gasteiger partial charge in [-0.15, -0.1) is 0 Å². The minimum Gasteiger partial charge on any atom is -0.464 e. The number of nitrogens with one attached hydrogen (secondary N) is 1. The van der Waals surface area contributed by atoms with Crippen molar-refractivity contribution in [3.63, 3.8) is 0 Å². The molecule has 1 aliphatic carbocycles. The van der Waals surface area contributed by atoms with Gasteiger partial charge in [-0.1, -0.05) is 6.92 Å². The molecule has 0 spiro atoms. The molecule has 0 unspecified atom stereocenters. The molecule has 1 aliphatic rings. The normalized spacial score (nSPS) is 22.7. The summed E-state index contributed by atoms with van der Waals surface area (Å²) in [6, 6.07) is 3.65. The Hall–Kier alpha value is -1.78. The molecule has 0 radical (unpaired) electrons. The maximum atomic E-state index is 11.3. The fourth-order valence-electron chi connectivity index (χ4n) is 2.02. The average molecular weight is 235 g/mol. The summed E-state index contributed by atoms with van der Waals surface area (Å²) in [5.41, 5.74) is 6.64. The van der Waals surface area contributed by atoms with Gasteiger partial charge in [0.15, 0.2) is 5.69 Å². The van der Waals surface area contributed by atoms with Crippen molar-refractivity contribution in [2.24, 2.45) is 5.92 Å². The van der Waals surface area contributed by atoms with Crippen LogP contribution in [-0.4, -0.2) is 24.1 Å². The third-order valence-corrected chi connectivity index (χ3v) is 3.04. The lowest BCUT2D eigenvalue weighted by Gasteiger charge is -2.33. The van der Waals surface area contributed by atoms with Crippen LogP contribution in [-0.2, 0) is 4.74 Å². The summed E-state index contributed by atoms with van der Waals surface area (Å²) in [7, 11) is 1.33. The van der Waals surface area contributed by atoms with Gasteiger partial charge in [0.2, 0.25) is 0 Å². The summed E-state index contributed by atoms with van der Waals surface area (Å²) in [5.74, 6) is 0.873. The van der Waals surface area contributed by atoms with Crippen molar-refractivity contribution in [3.8, 4) is 0 Å². The van der Waals surface area contributed by atoms with Crippen molar-refractivity contribution in [1.29, 1.82) is 0 Å². The Morgan fingerprint density at radius 2 is 2.24 bits per heavy atom. The number of rotatable bonds is 3. The van der Waals surface area contributed by atoms with Crippen LogP contribution in [0.1, 0.15) is 30.3 Å². The first-order valence-electron chi connectivity index (χ1n) is 5.71. The fourth-order valence-corrected chi connectivity index (χ4v) is 2.02. The monoisotopic (exact) mass is 235 g/mol. The molecule has 5 nitrogen and oxygen atoms in total. The van der Waals surface area contributed by atoms with Crippen molar-refractivity contribution in [3.05, 3.63) is 17.8 Å². The highest BCUT2D eigenvalue weighted by Crippen LogP contribution is 2.30. The van der Waals surface area contributed by atoms with Crippen molar-refractivity contribution in [1.82, 2.24) is 4.98 Å². The number of esters is 1. The molecule has 1 fully saturated rings. The second-order valence-electron chi connectivity index (χ2n) is 4.54. The summed E-state index contributed by atoms with van der Waals surface area (Å²) < 4.78 is 4.62. The van der Waals surface area contributed by atoms with Gasteiger partial charge in [-0.25, -0.2) is 9.78 Å². The molecule has 0 aromatic carbocycles. The molecule has 0 saturated heterocycles. The molecule has 92 valence electrons. The lowest BCUT2D eigenvalue weighted by atomic mass is 9.82. The number of nitrogens with two attached hydrogens (primary N) is 1. The van der Waals surface area contributed by atoms with Crippen LogP contribution in [0.4, 0.5) is 11.5 Å². The Morgan fingerprint density at radius 3 is 2.82 bits per heavy atom. The SMILES string of the molecule is COC(=O)c1ccc(N)c(NC2CC(C)C2)n1. The number of anilines is 2. The van der Waals surface area contributed by atoms with Crippen molar-refractivity contribution in [2.45, 2.75) is 25.8 Å². The first kappa shape index (κ1) is 11.7. The summed E-state index contributed by atoms with van der Waals surface area (Å²) in [5, 5.41) is 3.25. The molecule has 0 amide bonds. The first-order chi connectivity index (χ1) is 8.10. The van der Waals surface area contributed by atoms with Gasteiger partial charge in [0.05, 0.1) is 12.8 Å². The van der Waals surface area contributed by atoms with E-state index in [0.717, 1.165) is 18.8 Å². The zero-order valence-electron chi connectivity index (χ0n) is 10.1. The summed E-state index contributed by atoms with van der Waals surface area (Å²) >= 11 is 0. The Bertz CT molecular complexity index is 428. The van der Waals surface area contributed by atoms with E-state index in [-0.39, 0.29) is 5.69 Å². The van der Waals surface area contributed by atoms with E-state index in [4.69, 9.17) is 5.73 Å². The van der Waals surface area contributed by atoms with Crippen LogP contribution in [0.25, 0.3) is 0 Å². The number of aromatic nitrogens is 1. The van der Waals surface area contributed by atoms with Crippen LogP contribution >= 0.6 is 0 Å². The van der Waals surface area contributed by atoms with Crippen molar-refractivity contribution >= 4 is 17.5 Å². The lowest BCUT2D eigenvalue weighted by Crippen LogP contribution is -2.34. The molecule has 1 aromatic heterocycles. The van der Waals surface area contributed by atoms with Crippen LogP contribution in [0, 0.1) is 5.92 Å². The first-order valence-corrected chi connectivity index (χ1v) is 5.71. The molecule has 2 rings (SSSR count). The van der Waals surface area contributed by atoms with Gasteiger partial charge in [0.1, 0.15) is 5.82 Å². The minimum atomic E-state index is -0.449. The molecule has 0 aliphatic heterocycles. The maximum Gasteiger partial charge on any atom is 0.356 e. The third kappa shape index (κ3) is 2.49. The topological polar surface area (TPSA) is 77.2 Å². The summed E-state index contributed by atoms with van der Waals surface area (Å²) in [4.78, 5) is 15.5. The molecule has 5 heteroatoms. The standard InChI is InChI=1S/C12H17N3O2/c1-7-5-8(6-7)14-11-9(13)3-4-10(15-11)12(16)17-2/h3-4,7-8H,5-6,13H2,1-2H3,(H,14,15). The number of pyridine rings is 1. The molecule has 1 aromatic rings. The van der Waals surface area contributed by atoms with E-state index in [9.17, 15) is 4.79 Å². The number of ether oxygens (including phenoxy) is 1. The number of carbonyl (C=O) groups excluding carboxylic acids is 1. The highest BCUT2D eigenvalue weighted by molar-refractivity contribution is 5.88. The second kappa shape index (κ2) is 4.61. The second-order valence-corrected chi connectivity index (χ2v) is 4.54.